The lowest BCUT2D eigenvalue weighted by Gasteiger charge is -2.30. The van der Waals surface area contributed by atoms with E-state index in [9.17, 15) is 36.7 Å². The van der Waals surface area contributed by atoms with Crippen LogP contribution >= 0.6 is 23.1 Å². The second-order valence-corrected chi connectivity index (χ2v) is 10.7. The highest BCUT2D eigenvalue weighted by Gasteiger charge is 2.57. The Morgan fingerprint density at radius 3 is 2.37 bits per heavy atom. The number of carbonyl (C=O) groups is 3. The highest BCUT2D eigenvalue weighted by molar-refractivity contribution is 8.00. The standard InChI is InChI=1S/C25H18F4N2O5S2/c1-2-36-16(32)11-30-23-20(38-24(30)35)17(12-7-9-13(26)10-8-12)18-19(37-23)22(34)31(21(18)33)15-6-4-3-5-14(15)25(27,28)29/h3-10,17-19H,2,11H2,1H3/t17-,18?,19?/m1/s1. The van der Waals surface area contributed by atoms with Gasteiger partial charge in [-0.05, 0) is 36.8 Å². The first kappa shape index (κ1) is 26.2. The number of para-hydroxylation sites is 1. The molecule has 198 valence electrons. The number of aromatic nitrogens is 1. The van der Waals surface area contributed by atoms with Crippen molar-refractivity contribution in [2.75, 3.05) is 11.5 Å². The fourth-order valence-corrected chi connectivity index (χ4v) is 7.54. The number of amides is 2. The molecule has 3 heterocycles. The van der Waals surface area contributed by atoms with Crippen LogP contribution < -0.4 is 9.77 Å². The summed E-state index contributed by atoms with van der Waals surface area (Å²) in [5.41, 5.74) is -1.33. The van der Waals surface area contributed by atoms with Crippen LogP contribution in [0.1, 0.15) is 28.8 Å². The minimum Gasteiger partial charge on any atom is -0.465 e. The number of thioether (sulfide) groups is 1. The molecule has 0 N–H and O–H groups in total. The first-order chi connectivity index (χ1) is 18.0. The van der Waals surface area contributed by atoms with Gasteiger partial charge >= 0.3 is 17.0 Å². The molecule has 5 rings (SSSR count). The van der Waals surface area contributed by atoms with Crippen molar-refractivity contribution in [3.63, 3.8) is 0 Å². The lowest BCUT2D eigenvalue weighted by molar-refractivity contribution is -0.144. The van der Waals surface area contributed by atoms with Gasteiger partial charge in [0.05, 0.1) is 28.8 Å². The number of rotatable bonds is 5. The average Bonchev–Trinajstić information content (AvgIpc) is 3.30. The molecule has 2 aliphatic heterocycles. The third kappa shape index (κ3) is 4.33. The van der Waals surface area contributed by atoms with Crippen molar-refractivity contribution in [1.82, 2.24) is 4.57 Å². The van der Waals surface area contributed by atoms with Crippen LogP contribution in [0.15, 0.2) is 58.4 Å². The smallest absolute Gasteiger partial charge is 0.418 e. The number of fused-ring (bicyclic) bond motifs is 2. The monoisotopic (exact) mass is 566 g/mol. The molecule has 3 atom stereocenters. The zero-order valence-electron chi connectivity index (χ0n) is 19.5. The number of ether oxygens (including phenoxy) is 1. The first-order valence-electron chi connectivity index (χ1n) is 11.4. The lowest BCUT2D eigenvalue weighted by atomic mass is 9.83. The Kier molecular flexibility index (Phi) is 6.68. The second kappa shape index (κ2) is 9.70. The van der Waals surface area contributed by atoms with Crippen LogP contribution in [0, 0.1) is 11.7 Å². The normalized spacial score (nSPS) is 20.9. The zero-order chi connectivity index (χ0) is 27.4. The Morgan fingerprint density at radius 2 is 1.71 bits per heavy atom. The van der Waals surface area contributed by atoms with E-state index >= 15 is 0 Å². The average molecular weight is 567 g/mol. The predicted molar refractivity (Wildman–Crippen MR) is 131 cm³/mol. The van der Waals surface area contributed by atoms with Crippen LogP contribution in [0.5, 0.6) is 0 Å². The second-order valence-electron chi connectivity index (χ2n) is 8.55. The van der Waals surface area contributed by atoms with E-state index in [0.717, 1.165) is 58.0 Å². The number of alkyl halides is 3. The number of hydrogen-bond acceptors (Lipinski definition) is 7. The van der Waals surface area contributed by atoms with Crippen molar-refractivity contribution in [2.45, 2.75) is 35.8 Å². The Bertz CT molecular complexity index is 1500. The minimum absolute atomic E-state index is 0.0799. The van der Waals surface area contributed by atoms with Gasteiger partial charge in [0.25, 0.3) is 0 Å². The molecule has 0 spiro atoms. The summed E-state index contributed by atoms with van der Waals surface area (Å²) in [6.45, 7) is 1.24. The van der Waals surface area contributed by atoms with Gasteiger partial charge in [-0.3, -0.25) is 23.7 Å². The topological polar surface area (TPSA) is 85.7 Å². The molecule has 2 amide bonds. The molecule has 2 aliphatic rings. The molecule has 0 radical (unpaired) electrons. The molecule has 2 unspecified atom stereocenters. The van der Waals surface area contributed by atoms with Crippen molar-refractivity contribution in [1.29, 1.82) is 0 Å². The number of carbonyl (C=O) groups excluding carboxylic acids is 3. The Morgan fingerprint density at radius 1 is 1.03 bits per heavy atom. The minimum atomic E-state index is -4.83. The SMILES string of the molecule is CCOC(=O)Cn1c2c(sc1=O)[C@H](c1ccc(F)cc1)C1C(=O)N(c3ccccc3C(F)(F)F)C(=O)C1S2. The van der Waals surface area contributed by atoms with Gasteiger partial charge in [0.15, 0.2) is 0 Å². The molecule has 0 bridgehead atoms. The number of anilines is 1. The maximum atomic E-state index is 13.8. The first-order valence-corrected chi connectivity index (χ1v) is 13.1. The molecule has 38 heavy (non-hydrogen) atoms. The fraction of sp³-hybridized carbons (Fsp3) is 0.280. The van der Waals surface area contributed by atoms with Crippen molar-refractivity contribution >= 4 is 46.6 Å². The molecule has 7 nitrogen and oxygen atoms in total. The molecule has 3 aromatic rings. The van der Waals surface area contributed by atoms with Gasteiger partial charge in [0, 0.05) is 10.8 Å². The number of nitrogens with zero attached hydrogens (tertiary/aromatic N) is 2. The third-order valence-electron chi connectivity index (χ3n) is 6.32. The van der Waals surface area contributed by atoms with E-state index in [4.69, 9.17) is 4.74 Å². The van der Waals surface area contributed by atoms with E-state index in [1.807, 2.05) is 0 Å². The van der Waals surface area contributed by atoms with Crippen LogP contribution in [0.3, 0.4) is 0 Å². The van der Waals surface area contributed by atoms with Gasteiger partial charge in [-0.25, -0.2) is 9.29 Å². The van der Waals surface area contributed by atoms with Crippen LogP contribution in [0.25, 0.3) is 0 Å². The van der Waals surface area contributed by atoms with E-state index in [1.165, 1.54) is 18.2 Å². The number of thiazole rings is 1. The summed E-state index contributed by atoms with van der Waals surface area (Å²) in [6.07, 6.45) is -4.83. The summed E-state index contributed by atoms with van der Waals surface area (Å²) in [4.78, 5) is 52.8. The highest BCUT2D eigenvalue weighted by Crippen LogP contribution is 2.54. The van der Waals surface area contributed by atoms with Crippen LogP contribution in [0.4, 0.5) is 23.2 Å². The van der Waals surface area contributed by atoms with Crippen LogP contribution in [0.2, 0.25) is 0 Å². The van der Waals surface area contributed by atoms with Gasteiger partial charge in [-0.1, -0.05) is 47.4 Å². The van der Waals surface area contributed by atoms with Gasteiger partial charge in [-0.15, -0.1) is 0 Å². The van der Waals surface area contributed by atoms with Gasteiger partial charge in [0.1, 0.15) is 17.6 Å². The Labute approximate surface area is 221 Å². The molecule has 13 heteroatoms. The number of hydrogen-bond donors (Lipinski definition) is 0. The quantitative estimate of drug-likeness (QED) is 0.258. The zero-order valence-corrected chi connectivity index (χ0v) is 21.2. The van der Waals surface area contributed by atoms with Crippen LogP contribution in [-0.2, 0) is 31.8 Å². The predicted octanol–water partition coefficient (Wildman–Crippen LogP) is 4.43. The largest absolute Gasteiger partial charge is 0.465 e. The summed E-state index contributed by atoms with van der Waals surface area (Å²) in [5.74, 6) is -5.08. The molecule has 0 aliphatic carbocycles. The molecular formula is C25H18F4N2O5S2. The van der Waals surface area contributed by atoms with Crippen molar-refractivity contribution < 1.29 is 36.7 Å². The fourth-order valence-electron chi connectivity index (χ4n) is 4.77. The van der Waals surface area contributed by atoms with E-state index in [-0.39, 0.29) is 11.6 Å². The van der Waals surface area contributed by atoms with Gasteiger partial charge in [-0.2, -0.15) is 13.2 Å². The van der Waals surface area contributed by atoms with E-state index < -0.39 is 69.5 Å². The van der Waals surface area contributed by atoms with Crippen LogP contribution in [-0.4, -0.2) is 34.2 Å². The lowest BCUT2D eigenvalue weighted by Crippen LogP contribution is -2.33. The van der Waals surface area contributed by atoms with E-state index in [1.54, 1.807) is 6.92 Å². The molecule has 1 fully saturated rings. The maximum Gasteiger partial charge on any atom is 0.418 e. The van der Waals surface area contributed by atoms with Crippen molar-refractivity contribution in [3.8, 4) is 0 Å². The van der Waals surface area contributed by atoms with Crippen molar-refractivity contribution in [2.24, 2.45) is 5.92 Å². The summed E-state index contributed by atoms with van der Waals surface area (Å²) >= 11 is 1.62. The summed E-state index contributed by atoms with van der Waals surface area (Å²) in [5, 5.41) is -0.940. The number of esters is 1. The summed E-state index contributed by atoms with van der Waals surface area (Å²) in [7, 11) is 0. The number of benzene rings is 2. The summed E-state index contributed by atoms with van der Waals surface area (Å²) in [6, 6.07) is 9.42. The molecule has 0 saturated carbocycles. The highest BCUT2D eigenvalue weighted by atomic mass is 32.2. The summed E-state index contributed by atoms with van der Waals surface area (Å²) < 4.78 is 61.2. The third-order valence-corrected chi connectivity index (χ3v) is 8.93. The number of halogens is 4. The molecule has 2 aromatic carbocycles. The van der Waals surface area contributed by atoms with E-state index in [2.05, 4.69) is 0 Å². The molecular weight excluding hydrogens is 548 g/mol. The van der Waals surface area contributed by atoms with E-state index in [0.29, 0.717) is 15.3 Å². The Hall–Kier alpha value is -3.45. The molecule has 1 saturated heterocycles. The Balaban J connectivity index is 1.66. The molecule has 1 aromatic heterocycles. The maximum absolute atomic E-state index is 13.8. The van der Waals surface area contributed by atoms with Crippen molar-refractivity contribution in [3.05, 3.63) is 80.0 Å². The van der Waals surface area contributed by atoms with Gasteiger partial charge < -0.3 is 4.74 Å². The number of imide groups is 1. The van der Waals surface area contributed by atoms with Gasteiger partial charge in [0.2, 0.25) is 11.8 Å².